The zero-order chi connectivity index (χ0) is 15.1. The number of rotatable bonds is 10. The Kier molecular flexibility index (Phi) is 6.93. The van der Waals surface area contributed by atoms with E-state index in [2.05, 4.69) is 17.1 Å². The molecule has 0 aromatic carbocycles. The summed E-state index contributed by atoms with van der Waals surface area (Å²) in [5.41, 5.74) is -0.0388. The van der Waals surface area contributed by atoms with Crippen LogP contribution < -0.4 is 5.32 Å². The Morgan fingerprint density at radius 2 is 2.14 bits per heavy atom. The van der Waals surface area contributed by atoms with Crippen LogP contribution in [0.1, 0.15) is 51.9 Å². The van der Waals surface area contributed by atoms with Gasteiger partial charge in [0.25, 0.3) is 0 Å². The molecule has 2 rings (SSSR count). The molecule has 4 heteroatoms. The van der Waals surface area contributed by atoms with Crippen molar-refractivity contribution < 1.29 is 9.84 Å². The van der Waals surface area contributed by atoms with Crippen LogP contribution in [-0.4, -0.2) is 61.5 Å². The van der Waals surface area contributed by atoms with Crippen molar-refractivity contribution in [1.82, 2.24) is 10.2 Å². The SMILES string of the molecule is CCC(CO)(CCCN1CCCC(COC)C1)NC1CC1. The summed E-state index contributed by atoms with van der Waals surface area (Å²) in [7, 11) is 1.80. The average molecular weight is 298 g/mol. The van der Waals surface area contributed by atoms with E-state index in [9.17, 15) is 5.11 Å². The van der Waals surface area contributed by atoms with Gasteiger partial charge in [0, 0.05) is 25.2 Å². The van der Waals surface area contributed by atoms with Gasteiger partial charge in [-0.15, -0.1) is 0 Å². The van der Waals surface area contributed by atoms with E-state index in [0.29, 0.717) is 12.0 Å². The summed E-state index contributed by atoms with van der Waals surface area (Å²) in [6, 6.07) is 0.665. The predicted octanol–water partition coefficient (Wildman–Crippen LogP) is 2.02. The van der Waals surface area contributed by atoms with Crippen molar-refractivity contribution in [3.05, 3.63) is 0 Å². The van der Waals surface area contributed by atoms with Gasteiger partial charge in [-0.1, -0.05) is 6.92 Å². The van der Waals surface area contributed by atoms with Crippen molar-refractivity contribution in [3.8, 4) is 0 Å². The first kappa shape index (κ1) is 17.2. The van der Waals surface area contributed by atoms with Crippen molar-refractivity contribution in [2.24, 2.45) is 5.92 Å². The summed E-state index contributed by atoms with van der Waals surface area (Å²) in [4.78, 5) is 2.59. The van der Waals surface area contributed by atoms with Crippen LogP contribution in [0.15, 0.2) is 0 Å². The zero-order valence-electron chi connectivity index (χ0n) is 13.9. The van der Waals surface area contributed by atoms with Crippen molar-refractivity contribution in [2.45, 2.75) is 63.5 Å². The van der Waals surface area contributed by atoms with Crippen molar-refractivity contribution in [2.75, 3.05) is 40.0 Å². The molecule has 1 saturated heterocycles. The van der Waals surface area contributed by atoms with Gasteiger partial charge in [-0.25, -0.2) is 0 Å². The lowest BCUT2D eigenvalue weighted by molar-refractivity contribution is 0.0852. The minimum Gasteiger partial charge on any atom is -0.394 e. The first-order chi connectivity index (χ1) is 10.2. The molecular weight excluding hydrogens is 264 g/mol. The molecule has 4 nitrogen and oxygen atoms in total. The standard InChI is InChI=1S/C17H34N2O2/c1-3-17(14-20,18-16-7-8-16)9-5-11-19-10-4-6-15(12-19)13-21-2/h15-16,18,20H,3-14H2,1-2H3. The second kappa shape index (κ2) is 8.47. The highest BCUT2D eigenvalue weighted by atomic mass is 16.5. The van der Waals surface area contributed by atoms with Crippen LogP contribution in [0.3, 0.4) is 0 Å². The molecule has 21 heavy (non-hydrogen) atoms. The number of methoxy groups -OCH3 is 1. The summed E-state index contributed by atoms with van der Waals surface area (Å²) in [6.07, 6.45) is 8.46. The zero-order valence-corrected chi connectivity index (χ0v) is 13.9. The minimum absolute atomic E-state index is 0.0388. The number of nitrogens with zero attached hydrogens (tertiary/aromatic N) is 1. The van der Waals surface area contributed by atoms with Gasteiger partial charge in [0.05, 0.1) is 13.2 Å². The average Bonchev–Trinajstić information content (AvgIpc) is 3.31. The third-order valence-corrected chi connectivity index (χ3v) is 5.20. The maximum absolute atomic E-state index is 9.81. The van der Waals surface area contributed by atoms with Crippen LogP contribution in [0.5, 0.6) is 0 Å². The molecule has 0 aromatic heterocycles. The van der Waals surface area contributed by atoms with E-state index in [4.69, 9.17) is 4.74 Å². The molecule has 0 aromatic rings. The fraction of sp³-hybridized carbons (Fsp3) is 1.00. The molecule has 124 valence electrons. The monoisotopic (exact) mass is 298 g/mol. The maximum atomic E-state index is 9.81. The van der Waals surface area contributed by atoms with Gasteiger partial charge in [-0.2, -0.15) is 0 Å². The Bertz CT molecular complexity index is 289. The lowest BCUT2D eigenvalue weighted by atomic mass is 9.90. The number of piperidine rings is 1. The molecule has 1 heterocycles. The van der Waals surface area contributed by atoms with Crippen LogP contribution in [0, 0.1) is 5.92 Å². The number of hydrogen-bond donors (Lipinski definition) is 2. The summed E-state index contributed by atoms with van der Waals surface area (Å²) >= 11 is 0. The van der Waals surface area contributed by atoms with Crippen LogP contribution >= 0.6 is 0 Å². The number of ether oxygens (including phenoxy) is 1. The highest BCUT2D eigenvalue weighted by molar-refractivity contribution is 4.94. The van der Waals surface area contributed by atoms with Crippen LogP contribution in [0.4, 0.5) is 0 Å². The van der Waals surface area contributed by atoms with Gasteiger partial charge in [-0.3, -0.25) is 0 Å². The molecule has 2 unspecified atom stereocenters. The molecular formula is C17H34N2O2. The van der Waals surface area contributed by atoms with Gasteiger partial charge in [0.15, 0.2) is 0 Å². The van der Waals surface area contributed by atoms with Gasteiger partial charge in [0.2, 0.25) is 0 Å². The number of aliphatic hydroxyl groups is 1. The largest absolute Gasteiger partial charge is 0.394 e. The van der Waals surface area contributed by atoms with E-state index in [1.807, 2.05) is 0 Å². The fourth-order valence-electron chi connectivity index (χ4n) is 3.62. The number of nitrogens with one attached hydrogen (secondary N) is 1. The molecule has 0 radical (unpaired) electrons. The lowest BCUT2D eigenvalue weighted by Crippen LogP contribution is -2.49. The molecule has 0 bridgehead atoms. The smallest absolute Gasteiger partial charge is 0.0613 e. The van der Waals surface area contributed by atoms with Crippen LogP contribution in [0.2, 0.25) is 0 Å². The van der Waals surface area contributed by atoms with Gasteiger partial charge < -0.3 is 20.1 Å². The number of aliphatic hydroxyl groups excluding tert-OH is 1. The van der Waals surface area contributed by atoms with Crippen molar-refractivity contribution >= 4 is 0 Å². The normalized spacial score (nSPS) is 26.7. The summed E-state index contributed by atoms with van der Waals surface area (Å²) in [5.74, 6) is 0.710. The van der Waals surface area contributed by atoms with Crippen LogP contribution in [-0.2, 0) is 4.74 Å². The molecule has 2 N–H and O–H groups in total. The van der Waals surface area contributed by atoms with E-state index >= 15 is 0 Å². The summed E-state index contributed by atoms with van der Waals surface area (Å²) in [6.45, 7) is 6.94. The van der Waals surface area contributed by atoms with Crippen molar-refractivity contribution in [1.29, 1.82) is 0 Å². The Morgan fingerprint density at radius 3 is 2.76 bits per heavy atom. The fourth-order valence-corrected chi connectivity index (χ4v) is 3.62. The highest BCUT2D eigenvalue weighted by Gasteiger charge is 2.34. The quantitative estimate of drug-likeness (QED) is 0.648. The van der Waals surface area contributed by atoms with Gasteiger partial charge >= 0.3 is 0 Å². The number of hydrogen-bond acceptors (Lipinski definition) is 4. The molecule has 0 amide bonds. The Balaban J connectivity index is 1.71. The molecule has 1 aliphatic carbocycles. The first-order valence-corrected chi connectivity index (χ1v) is 8.81. The maximum Gasteiger partial charge on any atom is 0.0613 e. The second-order valence-electron chi connectivity index (χ2n) is 7.08. The summed E-state index contributed by atoms with van der Waals surface area (Å²) < 4.78 is 5.30. The Labute approximate surface area is 130 Å². The molecule has 2 fully saturated rings. The van der Waals surface area contributed by atoms with E-state index in [1.54, 1.807) is 7.11 Å². The topological polar surface area (TPSA) is 44.7 Å². The Hall–Kier alpha value is -0.160. The van der Waals surface area contributed by atoms with E-state index < -0.39 is 0 Å². The molecule has 2 aliphatic rings. The highest BCUT2D eigenvalue weighted by Crippen LogP contribution is 2.27. The summed E-state index contributed by atoms with van der Waals surface area (Å²) in [5, 5.41) is 13.5. The Morgan fingerprint density at radius 1 is 1.33 bits per heavy atom. The molecule has 0 spiro atoms. The van der Waals surface area contributed by atoms with Gasteiger partial charge in [-0.05, 0) is 64.0 Å². The number of likely N-dealkylation sites (tertiary alicyclic amines) is 1. The van der Waals surface area contributed by atoms with E-state index in [0.717, 1.165) is 26.0 Å². The van der Waals surface area contributed by atoms with E-state index in [1.165, 1.54) is 45.2 Å². The minimum atomic E-state index is -0.0388. The second-order valence-corrected chi connectivity index (χ2v) is 7.08. The molecule has 2 atom stereocenters. The lowest BCUT2D eigenvalue weighted by Gasteiger charge is -2.35. The van der Waals surface area contributed by atoms with Crippen molar-refractivity contribution in [3.63, 3.8) is 0 Å². The van der Waals surface area contributed by atoms with Crippen LogP contribution in [0.25, 0.3) is 0 Å². The predicted molar refractivity (Wildman–Crippen MR) is 86.5 cm³/mol. The molecule has 1 saturated carbocycles. The first-order valence-electron chi connectivity index (χ1n) is 8.81. The third kappa shape index (κ3) is 5.51. The third-order valence-electron chi connectivity index (χ3n) is 5.20. The van der Waals surface area contributed by atoms with Gasteiger partial charge in [0.1, 0.15) is 0 Å². The molecule has 1 aliphatic heterocycles. The van der Waals surface area contributed by atoms with E-state index in [-0.39, 0.29) is 12.1 Å².